The molecule has 3 rings (SSSR count). The van der Waals surface area contributed by atoms with Crippen LogP contribution in [0.5, 0.6) is 5.75 Å². The average Bonchev–Trinajstić information content (AvgIpc) is 3.11. The molecule has 0 bridgehead atoms. The number of ether oxygens (including phenoxy) is 1. The molecule has 1 aliphatic rings. The van der Waals surface area contributed by atoms with Crippen LogP contribution in [0.2, 0.25) is 0 Å². The summed E-state index contributed by atoms with van der Waals surface area (Å²) in [6.07, 6.45) is 1.15. The molecular weight excluding hydrogens is 740 g/mol. The van der Waals surface area contributed by atoms with Crippen molar-refractivity contribution < 1.29 is 43.8 Å². The van der Waals surface area contributed by atoms with Crippen molar-refractivity contribution >= 4 is 41.0 Å². The van der Waals surface area contributed by atoms with Gasteiger partial charge >= 0.3 is 11.9 Å². The Hall–Kier alpha value is -5.75. The second kappa shape index (κ2) is 21.5. The molecule has 0 aliphatic carbocycles. The first-order chi connectivity index (χ1) is 26.8. The van der Waals surface area contributed by atoms with Crippen molar-refractivity contribution in [3.63, 3.8) is 0 Å². The number of nitro groups is 1. The predicted molar refractivity (Wildman–Crippen MR) is 213 cm³/mol. The average molecular weight is 797 g/mol. The fourth-order valence-corrected chi connectivity index (χ4v) is 6.07. The summed E-state index contributed by atoms with van der Waals surface area (Å²) in [5.74, 6) is -3.09. The van der Waals surface area contributed by atoms with Crippen LogP contribution < -0.4 is 31.3 Å². The summed E-state index contributed by atoms with van der Waals surface area (Å²) < 4.78 is 5.14. The monoisotopic (exact) mass is 796 g/mol. The van der Waals surface area contributed by atoms with Crippen molar-refractivity contribution in [2.45, 2.75) is 72.0 Å². The van der Waals surface area contributed by atoms with Crippen LogP contribution in [-0.4, -0.2) is 119 Å². The van der Waals surface area contributed by atoms with Crippen LogP contribution in [0.3, 0.4) is 0 Å². The van der Waals surface area contributed by atoms with E-state index in [1.165, 1.54) is 7.11 Å². The minimum Gasteiger partial charge on any atom is -0.497 e. The standard InChI is InChI=1S/C39H56N8O10/c1-25(2)19-30(42-34(48)20-26-7-9-27(10-8-26)40-33(24-47(55)56)41-28-11-13-29(57-6)14-12-28)36(50)44-32(38(53)54)23-46-17-15-45(16-18-46)22-31(37(51)52)43-35(49)21-39(3,4)5/h7-14,24-25,30-32,40-41H,15-23H2,1-6H3,(H,42,48)(H,43,49)(H,44,50)(H,51,52)(H,53,54). The van der Waals surface area contributed by atoms with E-state index in [0.717, 1.165) is 6.20 Å². The molecule has 7 N–H and O–H groups in total. The Bertz CT molecular complexity index is 1720. The highest BCUT2D eigenvalue weighted by Crippen LogP contribution is 2.20. The number of carboxylic acid groups (broad SMARTS) is 2. The molecule has 2 aromatic rings. The number of methoxy groups -OCH3 is 1. The number of piperazine rings is 1. The van der Waals surface area contributed by atoms with E-state index in [-0.39, 0.29) is 55.4 Å². The number of rotatable bonds is 21. The summed E-state index contributed by atoms with van der Waals surface area (Å²) in [5, 5.41) is 44.8. The molecule has 2 aromatic carbocycles. The van der Waals surface area contributed by atoms with E-state index in [1.807, 2.05) is 44.4 Å². The minimum absolute atomic E-state index is 0.00347. The summed E-state index contributed by atoms with van der Waals surface area (Å²) in [7, 11) is 1.53. The highest BCUT2D eigenvalue weighted by Gasteiger charge is 2.31. The van der Waals surface area contributed by atoms with Gasteiger partial charge in [-0.3, -0.25) is 34.3 Å². The third-order valence-electron chi connectivity index (χ3n) is 8.85. The highest BCUT2D eigenvalue weighted by molar-refractivity contribution is 5.91. The Kier molecular flexibility index (Phi) is 17.2. The van der Waals surface area contributed by atoms with Gasteiger partial charge < -0.3 is 41.5 Å². The zero-order valence-electron chi connectivity index (χ0n) is 33.4. The molecule has 312 valence electrons. The van der Waals surface area contributed by atoms with Gasteiger partial charge in [0, 0.05) is 57.1 Å². The molecule has 0 radical (unpaired) electrons. The van der Waals surface area contributed by atoms with Crippen LogP contribution in [0.4, 0.5) is 11.4 Å². The number of aliphatic carboxylic acids is 2. The zero-order chi connectivity index (χ0) is 42.3. The van der Waals surface area contributed by atoms with Gasteiger partial charge in [-0.1, -0.05) is 46.8 Å². The number of nitrogens with zero attached hydrogens (tertiary/aromatic N) is 3. The largest absolute Gasteiger partial charge is 0.497 e. The molecule has 0 spiro atoms. The van der Waals surface area contributed by atoms with E-state index in [4.69, 9.17) is 4.74 Å². The Balaban J connectivity index is 1.55. The number of carboxylic acids is 2. The molecule has 18 heteroatoms. The Morgan fingerprint density at radius 1 is 0.789 bits per heavy atom. The molecule has 0 aromatic heterocycles. The number of amides is 3. The molecule has 3 atom stereocenters. The summed E-state index contributed by atoms with van der Waals surface area (Å²) in [5.41, 5.74) is 1.40. The number of carbonyl (C=O) groups is 5. The van der Waals surface area contributed by atoms with Crippen molar-refractivity contribution in [3.8, 4) is 5.75 Å². The van der Waals surface area contributed by atoms with E-state index in [9.17, 15) is 44.3 Å². The van der Waals surface area contributed by atoms with Crippen LogP contribution in [0, 0.1) is 21.4 Å². The third-order valence-corrected chi connectivity index (χ3v) is 8.85. The van der Waals surface area contributed by atoms with E-state index >= 15 is 0 Å². The first kappa shape index (κ1) is 45.6. The van der Waals surface area contributed by atoms with Crippen LogP contribution in [0.15, 0.2) is 60.6 Å². The quantitative estimate of drug-likeness (QED) is 0.0710. The molecule has 1 fully saturated rings. The zero-order valence-corrected chi connectivity index (χ0v) is 33.4. The van der Waals surface area contributed by atoms with Crippen molar-refractivity contribution in [3.05, 3.63) is 76.2 Å². The number of carbonyl (C=O) groups excluding carboxylic acids is 3. The minimum atomic E-state index is -1.27. The van der Waals surface area contributed by atoms with Gasteiger partial charge in [0.25, 0.3) is 6.20 Å². The van der Waals surface area contributed by atoms with Gasteiger partial charge in [-0.05, 0) is 59.7 Å². The lowest BCUT2D eigenvalue weighted by Gasteiger charge is -2.37. The van der Waals surface area contributed by atoms with Gasteiger partial charge in [-0.2, -0.15) is 0 Å². The fourth-order valence-electron chi connectivity index (χ4n) is 6.07. The van der Waals surface area contributed by atoms with Crippen LogP contribution >= 0.6 is 0 Å². The van der Waals surface area contributed by atoms with E-state index < -0.39 is 46.8 Å². The van der Waals surface area contributed by atoms with Gasteiger partial charge in [0.1, 0.15) is 23.9 Å². The Labute approximate surface area is 332 Å². The smallest absolute Gasteiger partial charge is 0.327 e. The summed E-state index contributed by atoms with van der Waals surface area (Å²) >= 11 is 0. The number of hydrogen-bond acceptors (Lipinski definition) is 12. The number of nitrogens with one attached hydrogen (secondary N) is 5. The van der Waals surface area contributed by atoms with Gasteiger partial charge in [-0.25, -0.2) is 9.59 Å². The van der Waals surface area contributed by atoms with E-state index in [2.05, 4.69) is 26.6 Å². The Morgan fingerprint density at radius 3 is 1.70 bits per heavy atom. The lowest BCUT2D eigenvalue weighted by atomic mass is 9.92. The molecule has 0 saturated carbocycles. The van der Waals surface area contributed by atoms with Crippen LogP contribution in [0.1, 0.15) is 53.0 Å². The normalized spacial score (nSPS) is 15.5. The summed E-state index contributed by atoms with van der Waals surface area (Å²) in [6, 6.07) is 10.1. The molecule has 3 unspecified atom stereocenters. The second-order valence-corrected chi connectivity index (χ2v) is 15.6. The molecule has 18 nitrogen and oxygen atoms in total. The van der Waals surface area contributed by atoms with Crippen LogP contribution in [-0.2, 0) is 30.4 Å². The second-order valence-electron chi connectivity index (χ2n) is 15.6. The number of anilines is 2. The molecule has 1 saturated heterocycles. The van der Waals surface area contributed by atoms with Gasteiger partial charge in [-0.15, -0.1) is 0 Å². The fraction of sp³-hybridized carbons (Fsp3) is 0.513. The maximum Gasteiger partial charge on any atom is 0.327 e. The molecular formula is C39H56N8O10. The molecule has 3 amide bonds. The summed E-state index contributed by atoms with van der Waals surface area (Å²) in [6.45, 7) is 11.2. The van der Waals surface area contributed by atoms with Gasteiger partial charge in [0.2, 0.25) is 17.7 Å². The van der Waals surface area contributed by atoms with Crippen LogP contribution in [0.25, 0.3) is 0 Å². The topological polar surface area (TPSA) is 245 Å². The number of benzene rings is 2. The number of hydrogen-bond donors (Lipinski definition) is 7. The van der Waals surface area contributed by atoms with Gasteiger partial charge in [0.05, 0.1) is 18.5 Å². The van der Waals surface area contributed by atoms with Crippen molar-refractivity contribution in [1.82, 2.24) is 25.8 Å². The molecule has 1 aliphatic heterocycles. The highest BCUT2D eigenvalue weighted by atomic mass is 16.6. The first-order valence-corrected chi connectivity index (χ1v) is 18.7. The Morgan fingerprint density at radius 2 is 1.26 bits per heavy atom. The maximum atomic E-state index is 13.4. The first-order valence-electron chi connectivity index (χ1n) is 18.7. The van der Waals surface area contributed by atoms with Crippen molar-refractivity contribution in [2.75, 3.05) is 57.0 Å². The third kappa shape index (κ3) is 16.9. The lowest BCUT2D eigenvalue weighted by Crippen LogP contribution is -2.58. The van der Waals surface area contributed by atoms with Crippen molar-refractivity contribution in [1.29, 1.82) is 0 Å². The lowest BCUT2D eigenvalue weighted by molar-refractivity contribution is -0.403. The predicted octanol–water partition coefficient (Wildman–Crippen LogP) is 2.56. The van der Waals surface area contributed by atoms with Gasteiger partial charge in [0.15, 0.2) is 5.82 Å². The summed E-state index contributed by atoms with van der Waals surface area (Å²) in [4.78, 5) is 77.5. The van der Waals surface area contributed by atoms with Crippen molar-refractivity contribution in [2.24, 2.45) is 11.3 Å². The molecule has 57 heavy (non-hydrogen) atoms. The van der Waals surface area contributed by atoms with E-state index in [1.54, 1.807) is 48.5 Å². The maximum absolute atomic E-state index is 13.4. The molecule has 1 heterocycles. The SMILES string of the molecule is COc1ccc(NC(=C[N+](=O)[O-])Nc2ccc(CC(=O)NC(CC(C)C)C(=O)NC(CN3CCN(CC(NC(=O)CC(C)(C)C)C(=O)O)CC3)C(=O)O)cc2)cc1. The van der Waals surface area contributed by atoms with E-state index in [0.29, 0.717) is 48.9 Å².